The van der Waals surface area contributed by atoms with Crippen molar-refractivity contribution in [1.82, 2.24) is 15.2 Å². The van der Waals surface area contributed by atoms with Gasteiger partial charge in [-0.05, 0) is 55.7 Å². The van der Waals surface area contributed by atoms with Crippen LogP contribution in [0.5, 0.6) is 0 Å². The van der Waals surface area contributed by atoms with Gasteiger partial charge in [0.2, 0.25) is 5.91 Å². The largest absolute Gasteiger partial charge is 0.478 e. The Labute approximate surface area is 216 Å². The lowest BCUT2D eigenvalue weighted by atomic mass is 10.0. The maximum absolute atomic E-state index is 13.4. The van der Waals surface area contributed by atoms with Gasteiger partial charge in [-0.25, -0.2) is 4.79 Å². The number of aromatic carboxylic acids is 1. The molecule has 0 bridgehead atoms. The Kier molecular flexibility index (Phi) is 7.72. The van der Waals surface area contributed by atoms with Crippen molar-refractivity contribution >= 4 is 28.7 Å². The SMILES string of the molecule is Cc1cc(C)cc(C(=O)N(C)[C@H](Cc2ccccc2)C(=O)NCCc2c[nH]c3cccc(C(=O)O)c23)c1. The molecule has 0 unspecified atom stereocenters. The summed E-state index contributed by atoms with van der Waals surface area (Å²) in [5.41, 5.74) is 5.24. The first-order valence-corrected chi connectivity index (χ1v) is 12.2. The Bertz CT molecular complexity index is 1420. The zero-order chi connectivity index (χ0) is 26.5. The Morgan fingerprint density at radius 3 is 2.35 bits per heavy atom. The number of hydrogen-bond donors (Lipinski definition) is 3. The number of hydrogen-bond acceptors (Lipinski definition) is 3. The molecule has 1 aromatic heterocycles. The minimum Gasteiger partial charge on any atom is -0.478 e. The number of H-pyrrole nitrogens is 1. The minimum atomic E-state index is -0.995. The second kappa shape index (κ2) is 11.1. The van der Waals surface area contributed by atoms with E-state index >= 15 is 0 Å². The maximum Gasteiger partial charge on any atom is 0.336 e. The van der Waals surface area contributed by atoms with Crippen LogP contribution >= 0.6 is 0 Å². The minimum absolute atomic E-state index is 0.217. The van der Waals surface area contributed by atoms with Crippen molar-refractivity contribution < 1.29 is 19.5 Å². The monoisotopic (exact) mass is 497 g/mol. The number of nitrogens with one attached hydrogen (secondary N) is 2. The molecule has 7 heteroatoms. The van der Waals surface area contributed by atoms with Gasteiger partial charge in [-0.1, -0.05) is 53.6 Å². The summed E-state index contributed by atoms with van der Waals surface area (Å²) in [4.78, 5) is 43.1. The molecule has 0 fully saturated rings. The molecule has 0 spiro atoms. The Morgan fingerprint density at radius 1 is 0.973 bits per heavy atom. The zero-order valence-corrected chi connectivity index (χ0v) is 21.2. The van der Waals surface area contributed by atoms with Gasteiger partial charge in [0.25, 0.3) is 5.91 Å². The predicted molar refractivity (Wildman–Crippen MR) is 144 cm³/mol. The van der Waals surface area contributed by atoms with E-state index in [2.05, 4.69) is 10.3 Å². The lowest BCUT2D eigenvalue weighted by molar-refractivity contribution is -0.125. The number of rotatable bonds is 9. The summed E-state index contributed by atoms with van der Waals surface area (Å²) in [6.45, 7) is 4.19. The number of carbonyl (C=O) groups is 3. The molecule has 2 amide bonds. The van der Waals surface area contributed by atoms with Gasteiger partial charge in [0.15, 0.2) is 0 Å². The number of nitrogens with zero attached hydrogens (tertiary/aromatic N) is 1. The normalized spacial score (nSPS) is 11.8. The third kappa shape index (κ3) is 5.89. The fourth-order valence-corrected chi connectivity index (χ4v) is 4.76. The molecule has 3 N–H and O–H groups in total. The van der Waals surface area contributed by atoms with E-state index in [9.17, 15) is 19.5 Å². The summed E-state index contributed by atoms with van der Waals surface area (Å²) in [6, 6.07) is 19.7. The predicted octanol–water partition coefficient (Wildman–Crippen LogP) is 4.53. The third-order valence-electron chi connectivity index (χ3n) is 6.54. The maximum atomic E-state index is 13.4. The molecule has 0 saturated carbocycles. The molecular formula is C30H31N3O4. The summed E-state index contributed by atoms with van der Waals surface area (Å²) >= 11 is 0. The van der Waals surface area contributed by atoms with Crippen molar-refractivity contribution in [3.8, 4) is 0 Å². The molecule has 0 saturated heterocycles. The number of carboxylic acids is 1. The summed E-state index contributed by atoms with van der Waals surface area (Å²) in [5, 5.41) is 13.2. The zero-order valence-electron chi connectivity index (χ0n) is 21.2. The van der Waals surface area contributed by atoms with E-state index in [-0.39, 0.29) is 17.4 Å². The highest BCUT2D eigenvalue weighted by molar-refractivity contribution is 6.04. The van der Waals surface area contributed by atoms with Gasteiger partial charge in [-0.3, -0.25) is 9.59 Å². The van der Waals surface area contributed by atoms with Crippen LogP contribution in [0.15, 0.2) is 72.9 Å². The molecule has 7 nitrogen and oxygen atoms in total. The molecular weight excluding hydrogens is 466 g/mol. The average molecular weight is 498 g/mol. The van der Waals surface area contributed by atoms with Crippen molar-refractivity contribution in [2.45, 2.75) is 32.7 Å². The number of aromatic amines is 1. The van der Waals surface area contributed by atoms with E-state index < -0.39 is 12.0 Å². The first-order chi connectivity index (χ1) is 17.7. The van der Waals surface area contributed by atoms with Crippen molar-refractivity contribution in [3.63, 3.8) is 0 Å². The van der Waals surface area contributed by atoms with Crippen LogP contribution in [0, 0.1) is 13.8 Å². The molecule has 4 rings (SSSR count). The number of carbonyl (C=O) groups excluding carboxylic acids is 2. The highest BCUT2D eigenvalue weighted by Gasteiger charge is 2.28. The molecule has 3 aromatic carbocycles. The smallest absolute Gasteiger partial charge is 0.336 e. The standard InChI is InChI=1S/C30H31N3O4/c1-19-14-20(2)16-23(15-19)29(35)33(3)26(17-21-8-5-4-6-9-21)28(34)31-13-12-22-18-32-25-11-7-10-24(27(22)25)30(36)37/h4-11,14-16,18,26,32H,12-13,17H2,1-3H3,(H,31,34)(H,36,37)/t26-/m1/s1. The lowest BCUT2D eigenvalue weighted by Crippen LogP contribution is -2.49. The van der Waals surface area contributed by atoms with Crippen molar-refractivity contribution in [2.75, 3.05) is 13.6 Å². The third-order valence-corrected chi connectivity index (χ3v) is 6.54. The second-order valence-corrected chi connectivity index (χ2v) is 9.39. The summed E-state index contributed by atoms with van der Waals surface area (Å²) < 4.78 is 0. The van der Waals surface area contributed by atoms with E-state index in [1.165, 1.54) is 4.90 Å². The van der Waals surface area contributed by atoms with E-state index in [1.807, 2.05) is 68.4 Å². The molecule has 0 aliphatic carbocycles. The van der Waals surface area contributed by atoms with Crippen LogP contribution in [0.25, 0.3) is 10.9 Å². The lowest BCUT2D eigenvalue weighted by Gasteiger charge is -2.28. The number of carboxylic acid groups (broad SMARTS) is 1. The van der Waals surface area contributed by atoms with Crippen LogP contribution in [0.1, 0.15) is 43.0 Å². The van der Waals surface area contributed by atoms with Gasteiger partial charge >= 0.3 is 5.97 Å². The Hall–Kier alpha value is -4.39. The number of benzene rings is 3. The number of aryl methyl sites for hydroxylation is 2. The summed E-state index contributed by atoms with van der Waals surface area (Å²) in [7, 11) is 1.66. The van der Waals surface area contributed by atoms with E-state index in [1.54, 1.807) is 25.4 Å². The Morgan fingerprint density at radius 2 is 1.68 bits per heavy atom. The van der Waals surface area contributed by atoms with E-state index in [0.29, 0.717) is 30.3 Å². The molecule has 190 valence electrons. The van der Waals surface area contributed by atoms with Crippen LogP contribution in [-0.2, 0) is 17.6 Å². The van der Waals surface area contributed by atoms with Gasteiger partial charge in [0, 0.05) is 42.7 Å². The van der Waals surface area contributed by atoms with Gasteiger partial charge in [0.1, 0.15) is 6.04 Å². The molecule has 1 atom stereocenters. The van der Waals surface area contributed by atoms with Crippen LogP contribution in [0.4, 0.5) is 0 Å². The summed E-state index contributed by atoms with van der Waals surface area (Å²) in [5.74, 6) is -1.47. The van der Waals surface area contributed by atoms with Crippen LogP contribution < -0.4 is 5.32 Å². The van der Waals surface area contributed by atoms with Gasteiger partial charge in [-0.15, -0.1) is 0 Å². The topological polar surface area (TPSA) is 103 Å². The summed E-state index contributed by atoms with van der Waals surface area (Å²) in [6.07, 6.45) is 2.60. The quantitative estimate of drug-likeness (QED) is 0.316. The van der Waals surface area contributed by atoms with E-state index in [4.69, 9.17) is 0 Å². The van der Waals surface area contributed by atoms with Crippen molar-refractivity contribution in [3.05, 3.63) is 106 Å². The molecule has 37 heavy (non-hydrogen) atoms. The van der Waals surface area contributed by atoms with Gasteiger partial charge < -0.3 is 20.3 Å². The molecule has 0 aliphatic rings. The second-order valence-electron chi connectivity index (χ2n) is 9.39. The highest BCUT2D eigenvalue weighted by Crippen LogP contribution is 2.23. The average Bonchev–Trinajstić information content (AvgIpc) is 3.29. The number of aromatic nitrogens is 1. The molecule has 1 heterocycles. The number of likely N-dealkylation sites (N-methyl/N-ethyl adjacent to an activating group) is 1. The molecule has 0 aliphatic heterocycles. The number of fused-ring (bicyclic) bond motifs is 1. The first kappa shape index (κ1) is 25.7. The fraction of sp³-hybridized carbons (Fsp3) is 0.233. The Balaban J connectivity index is 1.52. The van der Waals surface area contributed by atoms with Gasteiger partial charge in [0.05, 0.1) is 5.56 Å². The van der Waals surface area contributed by atoms with Crippen molar-refractivity contribution in [2.24, 2.45) is 0 Å². The van der Waals surface area contributed by atoms with Crippen molar-refractivity contribution in [1.29, 1.82) is 0 Å². The fourth-order valence-electron chi connectivity index (χ4n) is 4.76. The van der Waals surface area contributed by atoms with E-state index in [0.717, 1.165) is 27.8 Å². The van der Waals surface area contributed by atoms with Gasteiger partial charge in [-0.2, -0.15) is 0 Å². The van der Waals surface area contributed by atoms with Crippen LogP contribution in [-0.4, -0.2) is 52.4 Å². The first-order valence-electron chi connectivity index (χ1n) is 12.2. The van der Waals surface area contributed by atoms with Crippen LogP contribution in [0.2, 0.25) is 0 Å². The highest BCUT2D eigenvalue weighted by atomic mass is 16.4. The number of amides is 2. The molecule has 0 radical (unpaired) electrons. The van der Waals surface area contributed by atoms with Crippen LogP contribution in [0.3, 0.4) is 0 Å². The molecule has 4 aromatic rings.